The number of aryl methyl sites for hydroxylation is 1. The zero-order valence-corrected chi connectivity index (χ0v) is 14.3. The molecule has 132 valence electrons. The molecule has 0 aromatic heterocycles. The highest BCUT2D eigenvalue weighted by atomic mass is 16.6. The Labute approximate surface area is 154 Å². The summed E-state index contributed by atoms with van der Waals surface area (Å²) < 4.78 is 0. The molecule has 2 N–H and O–H groups in total. The number of nitrogens with zero attached hydrogens (tertiary/aromatic N) is 3. The Kier molecular flexibility index (Phi) is 3.77. The van der Waals surface area contributed by atoms with Gasteiger partial charge in [0.15, 0.2) is 5.78 Å². The number of azo groups is 1. The van der Waals surface area contributed by atoms with Crippen LogP contribution in [0.15, 0.2) is 64.8 Å². The molecule has 0 atom stereocenters. The number of rotatable bonds is 3. The lowest BCUT2D eigenvalue weighted by Gasteiger charge is -2.01. The molecule has 7 nitrogen and oxygen atoms in total. The number of nitro groups is 1. The number of hydrogen-bond donors (Lipinski definition) is 1. The van der Waals surface area contributed by atoms with E-state index in [2.05, 4.69) is 10.2 Å². The average molecular weight is 358 g/mol. The zero-order valence-electron chi connectivity index (χ0n) is 14.3. The maximum atomic E-state index is 12.7. The molecule has 27 heavy (non-hydrogen) atoms. The molecule has 3 aromatic carbocycles. The Hall–Kier alpha value is -3.87. The van der Waals surface area contributed by atoms with Crippen molar-refractivity contribution < 1.29 is 9.72 Å². The molecule has 0 aliphatic heterocycles. The normalized spacial score (nSPS) is 12.3. The summed E-state index contributed by atoms with van der Waals surface area (Å²) in [5.74, 6) is -0.246. The van der Waals surface area contributed by atoms with E-state index in [9.17, 15) is 14.9 Å². The van der Waals surface area contributed by atoms with E-state index in [4.69, 9.17) is 5.73 Å². The second-order valence-electron chi connectivity index (χ2n) is 6.29. The molecule has 0 bridgehead atoms. The van der Waals surface area contributed by atoms with Crippen molar-refractivity contribution in [3.8, 4) is 11.1 Å². The monoisotopic (exact) mass is 358 g/mol. The molecule has 0 saturated carbocycles. The van der Waals surface area contributed by atoms with Crippen LogP contribution in [0.5, 0.6) is 0 Å². The fourth-order valence-corrected chi connectivity index (χ4v) is 3.07. The van der Waals surface area contributed by atoms with E-state index in [-0.39, 0.29) is 11.5 Å². The van der Waals surface area contributed by atoms with E-state index in [1.807, 2.05) is 13.0 Å². The van der Waals surface area contributed by atoms with Gasteiger partial charge < -0.3 is 5.73 Å². The minimum atomic E-state index is -0.509. The fourth-order valence-electron chi connectivity index (χ4n) is 3.07. The van der Waals surface area contributed by atoms with Gasteiger partial charge >= 0.3 is 0 Å². The lowest BCUT2D eigenvalue weighted by Crippen LogP contribution is -1.96. The first kappa shape index (κ1) is 16.6. The molecular formula is C20H14N4O3. The number of carbonyl (C=O) groups excluding carboxylic acids is 1. The summed E-state index contributed by atoms with van der Waals surface area (Å²) in [4.78, 5) is 23.1. The number of non-ortho nitro benzene ring substituents is 1. The molecule has 1 aliphatic rings. The summed E-state index contributed by atoms with van der Waals surface area (Å²) in [6.45, 7) is 1.89. The lowest BCUT2D eigenvalue weighted by atomic mass is 10.1. The van der Waals surface area contributed by atoms with E-state index in [0.717, 1.165) is 11.1 Å². The molecule has 0 saturated heterocycles. The van der Waals surface area contributed by atoms with E-state index >= 15 is 0 Å². The number of nitrogen functional groups attached to an aromatic ring is 1. The number of ketones is 1. The molecular weight excluding hydrogens is 344 g/mol. The molecule has 7 heteroatoms. The van der Waals surface area contributed by atoms with Crippen molar-refractivity contribution in [3.05, 3.63) is 81.4 Å². The van der Waals surface area contributed by atoms with Gasteiger partial charge in [-0.05, 0) is 60.0 Å². The van der Waals surface area contributed by atoms with Gasteiger partial charge in [-0.15, -0.1) is 0 Å². The highest BCUT2D eigenvalue weighted by Gasteiger charge is 2.28. The number of carbonyl (C=O) groups is 1. The standard InChI is InChI=1S/C20H14N4O3/c1-11-8-12(3-7-19(11)21)22-23-13-2-5-15-16-6-4-14(24(26)27)10-18(16)20(25)17(15)9-13/h2-10H,21H2,1H3/b23-22+. The van der Waals surface area contributed by atoms with Crippen LogP contribution < -0.4 is 5.73 Å². The van der Waals surface area contributed by atoms with Gasteiger partial charge in [0.05, 0.1) is 16.3 Å². The van der Waals surface area contributed by atoms with Crippen LogP contribution in [0.3, 0.4) is 0 Å². The Morgan fingerprint density at radius 1 is 0.852 bits per heavy atom. The number of nitrogens with two attached hydrogens (primary N) is 1. The predicted molar refractivity (Wildman–Crippen MR) is 102 cm³/mol. The fraction of sp³-hybridized carbons (Fsp3) is 0.0500. The minimum absolute atomic E-state index is 0.103. The molecule has 0 radical (unpaired) electrons. The van der Waals surface area contributed by atoms with Gasteiger partial charge in [0.2, 0.25) is 0 Å². The number of nitro benzene ring substituents is 1. The van der Waals surface area contributed by atoms with Gasteiger partial charge in [-0.25, -0.2) is 0 Å². The van der Waals surface area contributed by atoms with Crippen LogP contribution in [0.2, 0.25) is 0 Å². The SMILES string of the molecule is Cc1cc(/N=N/c2ccc3c(c2)C(=O)c2cc([N+](=O)[O-])ccc2-3)ccc1N. The first-order chi connectivity index (χ1) is 12.9. The maximum absolute atomic E-state index is 12.7. The molecule has 0 heterocycles. The second-order valence-corrected chi connectivity index (χ2v) is 6.29. The minimum Gasteiger partial charge on any atom is -0.399 e. The number of fused-ring (bicyclic) bond motifs is 3. The molecule has 1 aliphatic carbocycles. The van der Waals surface area contributed by atoms with Crippen LogP contribution >= 0.6 is 0 Å². The first-order valence-electron chi connectivity index (χ1n) is 8.19. The highest BCUT2D eigenvalue weighted by Crippen LogP contribution is 2.40. The molecule has 0 fully saturated rings. The highest BCUT2D eigenvalue weighted by molar-refractivity contribution is 6.22. The van der Waals surface area contributed by atoms with Crippen LogP contribution in [0.4, 0.5) is 22.7 Å². The second kappa shape index (κ2) is 6.14. The number of anilines is 1. The summed E-state index contributed by atoms with van der Waals surface area (Å²) in [5.41, 5.74) is 10.7. The van der Waals surface area contributed by atoms with Crippen LogP contribution in [-0.2, 0) is 0 Å². The zero-order chi connectivity index (χ0) is 19.1. The van der Waals surface area contributed by atoms with Gasteiger partial charge in [-0.2, -0.15) is 10.2 Å². The quantitative estimate of drug-likeness (QED) is 0.237. The van der Waals surface area contributed by atoms with Crippen LogP contribution in [0.1, 0.15) is 21.5 Å². The number of benzene rings is 3. The van der Waals surface area contributed by atoms with Gasteiger partial charge in [-0.3, -0.25) is 14.9 Å². The molecule has 0 unspecified atom stereocenters. The molecule has 4 rings (SSSR count). The number of hydrogen-bond acceptors (Lipinski definition) is 6. The van der Waals surface area contributed by atoms with Crippen molar-refractivity contribution in [1.82, 2.24) is 0 Å². The summed E-state index contributed by atoms with van der Waals surface area (Å²) in [5, 5.41) is 19.3. The Balaban J connectivity index is 1.68. The van der Waals surface area contributed by atoms with Gasteiger partial charge in [-0.1, -0.05) is 6.07 Å². The van der Waals surface area contributed by atoms with Crippen LogP contribution in [-0.4, -0.2) is 10.7 Å². The third-order valence-electron chi connectivity index (χ3n) is 4.53. The average Bonchev–Trinajstić information content (AvgIpc) is 2.94. The Bertz CT molecular complexity index is 1150. The van der Waals surface area contributed by atoms with Crippen LogP contribution in [0, 0.1) is 17.0 Å². The van der Waals surface area contributed by atoms with E-state index in [1.54, 1.807) is 36.4 Å². The van der Waals surface area contributed by atoms with Crippen LogP contribution in [0.25, 0.3) is 11.1 Å². The summed E-state index contributed by atoms with van der Waals surface area (Å²) in [7, 11) is 0. The summed E-state index contributed by atoms with van der Waals surface area (Å²) in [6, 6.07) is 14.9. The van der Waals surface area contributed by atoms with Crippen molar-refractivity contribution in [2.45, 2.75) is 6.92 Å². The van der Waals surface area contributed by atoms with E-state index in [0.29, 0.717) is 33.8 Å². The predicted octanol–water partition coefficient (Wildman–Crippen LogP) is 5.11. The Morgan fingerprint density at radius 3 is 2.11 bits per heavy atom. The lowest BCUT2D eigenvalue weighted by molar-refractivity contribution is -0.384. The smallest absolute Gasteiger partial charge is 0.270 e. The topological polar surface area (TPSA) is 111 Å². The third-order valence-corrected chi connectivity index (χ3v) is 4.53. The maximum Gasteiger partial charge on any atom is 0.270 e. The molecule has 3 aromatic rings. The van der Waals surface area contributed by atoms with E-state index in [1.165, 1.54) is 12.1 Å². The van der Waals surface area contributed by atoms with Crippen molar-refractivity contribution >= 4 is 28.5 Å². The van der Waals surface area contributed by atoms with E-state index < -0.39 is 4.92 Å². The largest absolute Gasteiger partial charge is 0.399 e. The summed E-state index contributed by atoms with van der Waals surface area (Å²) in [6.07, 6.45) is 0. The van der Waals surface area contributed by atoms with Gasteiger partial charge in [0.25, 0.3) is 5.69 Å². The van der Waals surface area contributed by atoms with Crippen molar-refractivity contribution in [3.63, 3.8) is 0 Å². The Morgan fingerprint density at radius 2 is 1.44 bits per heavy atom. The molecule has 0 spiro atoms. The van der Waals surface area contributed by atoms with Gasteiger partial charge in [0, 0.05) is 28.9 Å². The van der Waals surface area contributed by atoms with Crippen molar-refractivity contribution in [1.29, 1.82) is 0 Å². The molecule has 0 amide bonds. The van der Waals surface area contributed by atoms with Crippen molar-refractivity contribution in [2.75, 3.05) is 5.73 Å². The summed E-state index contributed by atoms with van der Waals surface area (Å²) >= 11 is 0. The van der Waals surface area contributed by atoms with Crippen molar-refractivity contribution in [2.24, 2.45) is 10.2 Å². The first-order valence-corrected chi connectivity index (χ1v) is 8.19. The third kappa shape index (κ3) is 2.85. The van der Waals surface area contributed by atoms with Gasteiger partial charge in [0.1, 0.15) is 0 Å².